The van der Waals surface area contributed by atoms with Crippen molar-refractivity contribution >= 4 is 0 Å². The Morgan fingerprint density at radius 2 is 2.44 bits per heavy atom. The van der Waals surface area contributed by atoms with Crippen molar-refractivity contribution in [3.05, 3.63) is 5.82 Å². The van der Waals surface area contributed by atoms with Crippen LogP contribution in [0, 0.1) is 0 Å². The van der Waals surface area contributed by atoms with E-state index in [1.807, 2.05) is 6.92 Å². The third kappa shape index (κ3) is 1.05. The predicted molar refractivity (Wildman–Crippen MR) is 31.4 cm³/mol. The minimum absolute atomic E-state index is 0.357. The van der Waals surface area contributed by atoms with Crippen LogP contribution in [0.15, 0.2) is 0 Å². The molecule has 0 aliphatic heterocycles. The zero-order valence-corrected chi connectivity index (χ0v) is 5.28. The summed E-state index contributed by atoms with van der Waals surface area (Å²) in [6.45, 7) is 2.34. The van der Waals surface area contributed by atoms with E-state index < -0.39 is 0 Å². The summed E-state index contributed by atoms with van der Waals surface area (Å²) in [4.78, 5) is 0. The summed E-state index contributed by atoms with van der Waals surface area (Å²) < 4.78 is 1.57. The molecule has 5 heteroatoms. The molecule has 0 saturated carbocycles. The summed E-state index contributed by atoms with van der Waals surface area (Å²) in [6.07, 6.45) is 0.824. The Labute approximate surface area is 52.8 Å². The maximum atomic E-state index is 5.29. The molecule has 1 aromatic rings. The molecule has 0 radical (unpaired) electrons. The van der Waals surface area contributed by atoms with Crippen LogP contribution < -0.4 is 5.73 Å². The van der Waals surface area contributed by atoms with Crippen molar-refractivity contribution in [2.75, 3.05) is 0 Å². The van der Waals surface area contributed by atoms with Crippen molar-refractivity contribution in [1.29, 1.82) is 0 Å². The Balaban J connectivity index is 2.85. The number of hydrogen-bond acceptors (Lipinski definition) is 4. The molecule has 0 amide bonds. The van der Waals surface area contributed by atoms with Gasteiger partial charge in [0.15, 0.2) is 5.82 Å². The van der Waals surface area contributed by atoms with Gasteiger partial charge in [0.2, 0.25) is 0 Å². The molecule has 5 nitrogen and oxygen atoms in total. The first-order valence-electron chi connectivity index (χ1n) is 2.83. The second kappa shape index (κ2) is 2.54. The van der Waals surface area contributed by atoms with Crippen LogP contribution in [-0.2, 0) is 13.1 Å². The highest BCUT2D eigenvalue weighted by molar-refractivity contribution is 4.77. The van der Waals surface area contributed by atoms with E-state index in [4.69, 9.17) is 5.73 Å². The zero-order chi connectivity index (χ0) is 6.69. The average molecular weight is 127 g/mol. The topological polar surface area (TPSA) is 69.6 Å². The Hall–Kier alpha value is -0.970. The van der Waals surface area contributed by atoms with Crippen LogP contribution in [-0.4, -0.2) is 20.2 Å². The second-order valence-corrected chi connectivity index (χ2v) is 1.63. The first-order valence-corrected chi connectivity index (χ1v) is 2.83. The quantitative estimate of drug-likeness (QED) is 0.562. The summed E-state index contributed by atoms with van der Waals surface area (Å²) in [5.74, 6) is 0.831. The normalized spacial score (nSPS) is 10.0. The Bertz CT molecular complexity index is 162. The number of hydrogen-bond donors (Lipinski definition) is 1. The molecule has 50 valence electrons. The van der Waals surface area contributed by atoms with E-state index in [1.54, 1.807) is 4.68 Å². The zero-order valence-electron chi connectivity index (χ0n) is 5.28. The summed E-state index contributed by atoms with van der Waals surface area (Å²) in [5, 5.41) is 10.8. The van der Waals surface area contributed by atoms with Crippen LogP contribution >= 0.6 is 0 Å². The number of nitrogens with two attached hydrogens (primary N) is 1. The van der Waals surface area contributed by atoms with Gasteiger partial charge in [-0.05, 0) is 10.4 Å². The molecule has 0 spiro atoms. The van der Waals surface area contributed by atoms with E-state index in [-0.39, 0.29) is 0 Å². The summed E-state index contributed by atoms with van der Waals surface area (Å²) >= 11 is 0. The van der Waals surface area contributed by atoms with Crippen molar-refractivity contribution in [2.45, 2.75) is 20.0 Å². The molecule has 1 heterocycles. The molecule has 9 heavy (non-hydrogen) atoms. The van der Waals surface area contributed by atoms with Crippen LogP contribution in [0.2, 0.25) is 0 Å². The fourth-order valence-electron chi connectivity index (χ4n) is 0.618. The lowest BCUT2D eigenvalue weighted by Gasteiger charge is -1.94. The maximum absolute atomic E-state index is 5.29. The van der Waals surface area contributed by atoms with Crippen molar-refractivity contribution in [2.24, 2.45) is 5.73 Å². The first kappa shape index (κ1) is 6.15. The SMILES string of the molecule is CCc1nnnn1CN. The van der Waals surface area contributed by atoms with Crippen LogP contribution in [0.4, 0.5) is 0 Å². The molecule has 0 fully saturated rings. The Kier molecular flexibility index (Phi) is 1.74. The molecule has 2 N–H and O–H groups in total. The molecule has 0 aliphatic carbocycles. The molecule has 0 bridgehead atoms. The Morgan fingerprint density at radius 3 is 2.89 bits per heavy atom. The van der Waals surface area contributed by atoms with Crippen LogP contribution in [0.25, 0.3) is 0 Å². The van der Waals surface area contributed by atoms with Crippen LogP contribution in [0.3, 0.4) is 0 Å². The lowest BCUT2D eigenvalue weighted by molar-refractivity contribution is 0.584. The molecule has 1 rings (SSSR count). The second-order valence-electron chi connectivity index (χ2n) is 1.63. The van der Waals surface area contributed by atoms with Gasteiger partial charge in [0.05, 0.1) is 6.67 Å². The molecular weight excluding hydrogens is 118 g/mol. The number of aryl methyl sites for hydroxylation is 1. The third-order valence-electron chi connectivity index (χ3n) is 1.10. The highest BCUT2D eigenvalue weighted by Gasteiger charge is 1.98. The fraction of sp³-hybridized carbons (Fsp3) is 0.750. The van der Waals surface area contributed by atoms with Gasteiger partial charge in [-0.3, -0.25) is 0 Å². The average Bonchev–Trinajstić information content (AvgIpc) is 2.33. The summed E-state index contributed by atoms with van der Waals surface area (Å²) in [5.41, 5.74) is 5.29. The van der Waals surface area contributed by atoms with Gasteiger partial charge in [-0.25, -0.2) is 4.68 Å². The van der Waals surface area contributed by atoms with Crippen LogP contribution in [0.5, 0.6) is 0 Å². The number of aromatic nitrogens is 4. The summed E-state index contributed by atoms with van der Waals surface area (Å²) in [6, 6.07) is 0. The smallest absolute Gasteiger partial charge is 0.152 e. The van der Waals surface area contributed by atoms with Crippen molar-refractivity contribution in [1.82, 2.24) is 20.2 Å². The molecule has 1 aromatic heterocycles. The highest BCUT2D eigenvalue weighted by Crippen LogP contribution is 1.88. The number of nitrogens with zero attached hydrogens (tertiary/aromatic N) is 4. The molecule has 0 aromatic carbocycles. The maximum Gasteiger partial charge on any atom is 0.152 e. The van der Waals surface area contributed by atoms with Gasteiger partial charge in [-0.1, -0.05) is 6.92 Å². The first-order chi connectivity index (χ1) is 4.38. The fourth-order valence-corrected chi connectivity index (χ4v) is 0.618. The molecule has 0 unspecified atom stereocenters. The van der Waals surface area contributed by atoms with Gasteiger partial charge < -0.3 is 5.73 Å². The largest absolute Gasteiger partial charge is 0.312 e. The van der Waals surface area contributed by atoms with Gasteiger partial charge in [-0.2, -0.15) is 0 Å². The van der Waals surface area contributed by atoms with E-state index in [0.29, 0.717) is 6.67 Å². The van der Waals surface area contributed by atoms with E-state index >= 15 is 0 Å². The molecular formula is C4H9N5. The van der Waals surface area contributed by atoms with Crippen molar-refractivity contribution in [3.8, 4) is 0 Å². The van der Waals surface area contributed by atoms with E-state index in [0.717, 1.165) is 12.2 Å². The van der Waals surface area contributed by atoms with E-state index in [9.17, 15) is 0 Å². The Morgan fingerprint density at radius 1 is 1.67 bits per heavy atom. The third-order valence-corrected chi connectivity index (χ3v) is 1.10. The lowest BCUT2D eigenvalue weighted by Crippen LogP contribution is -2.11. The molecule has 0 atom stereocenters. The van der Waals surface area contributed by atoms with Gasteiger partial charge in [-0.15, -0.1) is 5.10 Å². The lowest BCUT2D eigenvalue weighted by atomic mass is 10.5. The van der Waals surface area contributed by atoms with Gasteiger partial charge >= 0.3 is 0 Å². The monoisotopic (exact) mass is 127 g/mol. The van der Waals surface area contributed by atoms with Crippen LogP contribution in [0.1, 0.15) is 12.7 Å². The van der Waals surface area contributed by atoms with Gasteiger partial charge in [0, 0.05) is 6.42 Å². The number of tetrazole rings is 1. The summed E-state index contributed by atoms with van der Waals surface area (Å²) in [7, 11) is 0. The van der Waals surface area contributed by atoms with Crippen molar-refractivity contribution in [3.63, 3.8) is 0 Å². The minimum Gasteiger partial charge on any atom is -0.312 e. The van der Waals surface area contributed by atoms with Crippen molar-refractivity contribution < 1.29 is 0 Å². The molecule has 0 aliphatic rings. The number of rotatable bonds is 2. The van der Waals surface area contributed by atoms with Gasteiger partial charge in [0.25, 0.3) is 0 Å². The predicted octanol–water partition coefficient (Wildman–Crippen LogP) is -0.848. The molecule has 0 saturated heterocycles. The minimum atomic E-state index is 0.357. The van der Waals surface area contributed by atoms with E-state index in [2.05, 4.69) is 15.5 Å². The van der Waals surface area contributed by atoms with Gasteiger partial charge in [0.1, 0.15) is 0 Å². The van der Waals surface area contributed by atoms with E-state index in [1.165, 1.54) is 0 Å². The standard InChI is InChI=1S/C4H9N5/c1-2-4-6-7-8-9(4)3-5/h2-3,5H2,1H3. The highest BCUT2D eigenvalue weighted by atomic mass is 15.5.